The Labute approximate surface area is 131 Å². The van der Waals surface area contributed by atoms with Crippen molar-refractivity contribution in [3.8, 4) is 5.75 Å². The number of nitrogens with two attached hydrogens (primary N) is 1. The molecule has 0 aliphatic heterocycles. The third-order valence-electron chi connectivity index (χ3n) is 4.65. The summed E-state index contributed by atoms with van der Waals surface area (Å²) >= 11 is 3.56. The van der Waals surface area contributed by atoms with E-state index in [9.17, 15) is 0 Å². The van der Waals surface area contributed by atoms with E-state index in [0.717, 1.165) is 15.8 Å². The Morgan fingerprint density at radius 3 is 2.80 bits per heavy atom. The topological polar surface area (TPSA) is 35.2 Å². The van der Waals surface area contributed by atoms with Crippen LogP contribution in [0.2, 0.25) is 0 Å². The van der Waals surface area contributed by atoms with Crippen LogP contribution >= 0.6 is 15.9 Å². The van der Waals surface area contributed by atoms with Crippen molar-refractivity contribution < 1.29 is 4.74 Å². The maximum absolute atomic E-state index is 6.64. The first-order chi connectivity index (χ1) is 9.45. The van der Waals surface area contributed by atoms with Crippen molar-refractivity contribution in [1.29, 1.82) is 0 Å². The van der Waals surface area contributed by atoms with Gasteiger partial charge >= 0.3 is 0 Å². The summed E-state index contributed by atoms with van der Waals surface area (Å²) in [5.41, 5.74) is 8.09. The molecule has 2 N–H and O–H groups in total. The quantitative estimate of drug-likeness (QED) is 0.831. The van der Waals surface area contributed by atoms with Gasteiger partial charge < -0.3 is 10.5 Å². The number of hydrogen-bond donors (Lipinski definition) is 1. The molecule has 0 bridgehead atoms. The molecule has 0 radical (unpaired) electrons. The van der Waals surface area contributed by atoms with Gasteiger partial charge in [-0.1, -0.05) is 42.6 Å². The molecule has 2 unspecified atom stereocenters. The molecule has 3 heteroatoms. The third kappa shape index (κ3) is 3.37. The molecular weight excluding hydrogens is 314 g/mol. The SMILES string of the molecule is CCOc1ccc(Br)cc1C(N)C1CCCCC1(C)C. The van der Waals surface area contributed by atoms with E-state index in [1.165, 1.54) is 25.7 Å². The first-order valence-corrected chi connectivity index (χ1v) is 8.43. The third-order valence-corrected chi connectivity index (χ3v) is 5.15. The number of rotatable bonds is 4. The lowest BCUT2D eigenvalue weighted by Crippen LogP contribution is -2.36. The van der Waals surface area contributed by atoms with Gasteiger partial charge in [-0.2, -0.15) is 0 Å². The van der Waals surface area contributed by atoms with Crippen LogP contribution in [0.5, 0.6) is 5.75 Å². The van der Waals surface area contributed by atoms with E-state index in [0.29, 0.717) is 17.9 Å². The minimum Gasteiger partial charge on any atom is -0.494 e. The predicted molar refractivity (Wildman–Crippen MR) is 88.0 cm³/mol. The van der Waals surface area contributed by atoms with E-state index in [1.54, 1.807) is 0 Å². The Morgan fingerprint density at radius 2 is 2.15 bits per heavy atom. The minimum atomic E-state index is 0.0457. The zero-order valence-electron chi connectivity index (χ0n) is 12.8. The van der Waals surface area contributed by atoms with E-state index in [-0.39, 0.29) is 6.04 Å². The second-order valence-corrected chi connectivity index (χ2v) is 7.40. The molecule has 2 nitrogen and oxygen atoms in total. The molecule has 0 amide bonds. The maximum atomic E-state index is 6.64. The maximum Gasteiger partial charge on any atom is 0.124 e. The second-order valence-electron chi connectivity index (χ2n) is 6.48. The standard InChI is InChI=1S/C17H26BrNO/c1-4-20-15-9-8-12(18)11-13(15)16(19)14-7-5-6-10-17(14,2)3/h8-9,11,14,16H,4-7,10,19H2,1-3H3. The lowest BCUT2D eigenvalue weighted by molar-refractivity contribution is 0.111. The largest absolute Gasteiger partial charge is 0.494 e. The van der Waals surface area contributed by atoms with Crippen molar-refractivity contribution in [1.82, 2.24) is 0 Å². The van der Waals surface area contributed by atoms with Crippen molar-refractivity contribution >= 4 is 15.9 Å². The van der Waals surface area contributed by atoms with E-state index >= 15 is 0 Å². The summed E-state index contributed by atoms with van der Waals surface area (Å²) in [5.74, 6) is 1.45. The molecule has 2 rings (SSSR count). The van der Waals surface area contributed by atoms with Crippen LogP contribution in [0.25, 0.3) is 0 Å². The lowest BCUT2D eigenvalue weighted by atomic mass is 9.65. The summed E-state index contributed by atoms with van der Waals surface area (Å²) in [6.07, 6.45) is 5.10. The molecule has 1 aliphatic rings. The Morgan fingerprint density at radius 1 is 1.40 bits per heavy atom. The minimum absolute atomic E-state index is 0.0457. The van der Waals surface area contributed by atoms with E-state index in [2.05, 4.69) is 35.8 Å². The molecule has 1 aromatic rings. The average molecular weight is 340 g/mol. The molecule has 0 heterocycles. The van der Waals surface area contributed by atoms with Crippen LogP contribution < -0.4 is 10.5 Å². The van der Waals surface area contributed by atoms with Crippen molar-refractivity contribution in [2.45, 2.75) is 52.5 Å². The van der Waals surface area contributed by atoms with Crippen molar-refractivity contribution in [2.24, 2.45) is 17.1 Å². The molecule has 20 heavy (non-hydrogen) atoms. The van der Waals surface area contributed by atoms with E-state index in [4.69, 9.17) is 10.5 Å². The van der Waals surface area contributed by atoms with Crippen LogP contribution in [0.15, 0.2) is 22.7 Å². The Bertz CT molecular complexity index is 458. The number of ether oxygens (including phenoxy) is 1. The molecular formula is C17H26BrNO. The highest BCUT2D eigenvalue weighted by atomic mass is 79.9. The summed E-state index contributed by atoms with van der Waals surface area (Å²) in [7, 11) is 0. The summed E-state index contributed by atoms with van der Waals surface area (Å²) in [6.45, 7) is 7.40. The molecule has 0 spiro atoms. The Hall–Kier alpha value is -0.540. The number of halogens is 1. The fraction of sp³-hybridized carbons (Fsp3) is 0.647. The predicted octanol–water partition coefficient (Wildman–Crippen LogP) is 5.06. The van der Waals surface area contributed by atoms with Crippen LogP contribution in [0.4, 0.5) is 0 Å². The monoisotopic (exact) mass is 339 g/mol. The average Bonchev–Trinajstić information content (AvgIpc) is 2.40. The van der Waals surface area contributed by atoms with Crippen LogP contribution in [0.3, 0.4) is 0 Å². The van der Waals surface area contributed by atoms with Crippen molar-refractivity contribution in [2.75, 3.05) is 6.61 Å². The summed E-state index contributed by atoms with van der Waals surface area (Å²) in [5, 5.41) is 0. The molecule has 1 aromatic carbocycles. The highest BCUT2D eigenvalue weighted by molar-refractivity contribution is 9.10. The smallest absolute Gasteiger partial charge is 0.124 e. The summed E-state index contributed by atoms with van der Waals surface area (Å²) < 4.78 is 6.84. The molecule has 0 aromatic heterocycles. The molecule has 1 aliphatic carbocycles. The van der Waals surface area contributed by atoms with Crippen LogP contribution in [0, 0.1) is 11.3 Å². The Balaban J connectivity index is 2.31. The van der Waals surface area contributed by atoms with E-state index < -0.39 is 0 Å². The van der Waals surface area contributed by atoms with E-state index in [1.807, 2.05) is 19.1 Å². The molecule has 1 fully saturated rings. The van der Waals surface area contributed by atoms with Crippen LogP contribution in [-0.4, -0.2) is 6.61 Å². The van der Waals surface area contributed by atoms with Gasteiger partial charge in [0, 0.05) is 16.1 Å². The summed E-state index contributed by atoms with van der Waals surface area (Å²) in [6, 6.07) is 6.22. The van der Waals surface area contributed by atoms with Gasteiger partial charge in [0.1, 0.15) is 5.75 Å². The molecule has 1 saturated carbocycles. The summed E-state index contributed by atoms with van der Waals surface area (Å²) in [4.78, 5) is 0. The van der Waals surface area contributed by atoms with Crippen LogP contribution in [-0.2, 0) is 0 Å². The van der Waals surface area contributed by atoms with Gasteiger partial charge in [0.15, 0.2) is 0 Å². The van der Waals surface area contributed by atoms with Crippen molar-refractivity contribution in [3.63, 3.8) is 0 Å². The van der Waals surface area contributed by atoms with Gasteiger partial charge in [-0.15, -0.1) is 0 Å². The van der Waals surface area contributed by atoms with Gasteiger partial charge in [-0.3, -0.25) is 0 Å². The molecule has 112 valence electrons. The van der Waals surface area contributed by atoms with Gasteiger partial charge in [-0.25, -0.2) is 0 Å². The number of hydrogen-bond acceptors (Lipinski definition) is 2. The zero-order valence-corrected chi connectivity index (χ0v) is 14.4. The fourth-order valence-electron chi connectivity index (χ4n) is 3.47. The highest BCUT2D eigenvalue weighted by Gasteiger charge is 2.37. The molecule has 2 atom stereocenters. The van der Waals surface area contributed by atoms with Crippen molar-refractivity contribution in [3.05, 3.63) is 28.2 Å². The van der Waals surface area contributed by atoms with Crippen LogP contribution in [0.1, 0.15) is 58.1 Å². The zero-order chi connectivity index (χ0) is 14.8. The van der Waals surface area contributed by atoms with Gasteiger partial charge in [0.05, 0.1) is 6.61 Å². The molecule has 0 saturated heterocycles. The Kier molecular flexibility index (Phi) is 5.14. The van der Waals surface area contributed by atoms with Gasteiger partial charge in [-0.05, 0) is 49.3 Å². The first-order valence-electron chi connectivity index (χ1n) is 7.63. The van der Waals surface area contributed by atoms with Gasteiger partial charge in [0.2, 0.25) is 0 Å². The first kappa shape index (κ1) is 15.8. The van der Waals surface area contributed by atoms with Gasteiger partial charge in [0.25, 0.3) is 0 Å². The normalized spacial score (nSPS) is 23.4. The fourth-order valence-corrected chi connectivity index (χ4v) is 3.85. The highest BCUT2D eigenvalue weighted by Crippen LogP contribution is 2.47. The lowest BCUT2D eigenvalue weighted by Gasteiger charge is -2.42. The number of benzene rings is 1. The second kappa shape index (κ2) is 6.48.